The molecule has 1 aliphatic heterocycles. The van der Waals surface area contributed by atoms with Crippen LogP contribution in [0.2, 0.25) is 0 Å². The number of piperidine rings is 1. The lowest BCUT2D eigenvalue weighted by Crippen LogP contribution is -2.38. The fraction of sp³-hybridized carbons (Fsp3) is 0.346. The van der Waals surface area contributed by atoms with Gasteiger partial charge in [-0.2, -0.15) is 0 Å². The van der Waals surface area contributed by atoms with Crippen LogP contribution in [0.1, 0.15) is 48.1 Å². The highest BCUT2D eigenvalue weighted by molar-refractivity contribution is 7.13. The Kier molecular flexibility index (Phi) is 7.15. The van der Waals surface area contributed by atoms with Gasteiger partial charge in [-0.15, -0.1) is 22.7 Å². The van der Waals surface area contributed by atoms with Crippen molar-refractivity contribution in [3.05, 3.63) is 64.3 Å². The number of aromatic nitrogens is 4. The first-order valence-electron chi connectivity index (χ1n) is 12.0. The summed E-state index contributed by atoms with van der Waals surface area (Å²) >= 11 is 3.15. The van der Waals surface area contributed by atoms with Gasteiger partial charge in [-0.25, -0.2) is 9.97 Å². The summed E-state index contributed by atoms with van der Waals surface area (Å²) in [7, 11) is 0. The van der Waals surface area contributed by atoms with E-state index in [1.54, 1.807) is 29.9 Å². The minimum atomic E-state index is -0.0111. The summed E-state index contributed by atoms with van der Waals surface area (Å²) in [6, 6.07) is 8.69. The summed E-state index contributed by atoms with van der Waals surface area (Å²) in [5, 5.41) is 5.86. The summed E-state index contributed by atoms with van der Waals surface area (Å²) in [6.07, 6.45) is 6.76. The van der Waals surface area contributed by atoms with Gasteiger partial charge in [0.2, 0.25) is 0 Å². The van der Waals surface area contributed by atoms with E-state index in [0.29, 0.717) is 17.3 Å². The van der Waals surface area contributed by atoms with Crippen molar-refractivity contribution in [1.29, 1.82) is 0 Å². The zero-order valence-corrected chi connectivity index (χ0v) is 21.6. The van der Waals surface area contributed by atoms with Crippen molar-refractivity contribution >= 4 is 34.3 Å². The fourth-order valence-corrected chi connectivity index (χ4v) is 6.18. The quantitative estimate of drug-likeness (QED) is 0.327. The number of nitrogens with zero attached hydrogens (tertiary/aromatic N) is 6. The van der Waals surface area contributed by atoms with Crippen molar-refractivity contribution < 1.29 is 4.79 Å². The minimum absolute atomic E-state index is 0.0111. The van der Waals surface area contributed by atoms with Gasteiger partial charge < -0.3 is 9.80 Å². The largest absolute Gasteiger partial charge is 0.372 e. The molecule has 0 bridgehead atoms. The summed E-state index contributed by atoms with van der Waals surface area (Å²) < 4.78 is 0. The third-order valence-corrected chi connectivity index (χ3v) is 8.32. The smallest absolute Gasteiger partial charge is 0.273 e. The molecule has 1 saturated heterocycles. The van der Waals surface area contributed by atoms with E-state index in [1.165, 1.54) is 22.0 Å². The van der Waals surface area contributed by atoms with Gasteiger partial charge in [0.15, 0.2) is 0 Å². The van der Waals surface area contributed by atoms with Crippen LogP contribution in [-0.2, 0) is 0 Å². The molecule has 0 atom stereocenters. The summed E-state index contributed by atoms with van der Waals surface area (Å²) in [5.41, 5.74) is 4.61. The van der Waals surface area contributed by atoms with Crippen molar-refractivity contribution in [2.45, 2.75) is 32.6 Å². The molecule has 4 aromatic rings. The van der Waals surface area contributed by atoms with Gasteiger partial charge in [0.1, 0.15) is 16.4 Å². The number of rotatable bonds is 7. The van der Waals surface area contributed by atoms with Crippen LogP contribution < -0.4 is 4.90 Å². The summed E-state index contributed by atoms with van der Waals surface area (Å²) in [6.45, 7) is 7.80. The van der Waals surface area contributed by atoms with Gasteiger partial charge in [-0.1, -0.05) is 12.1 Å². The number of carbonyl (C=O) groups is 1. The second kappa shape index (κ2) is 10.6. The molecule has 0 N–H and O–H groups in total. The van der Waals surface area contributed by atoms with Crippen LogP contribution >= 0.6 is 22.7 Å². The van der Waals surface area contributed by atoms with E-state index in [0.717, 1.165) is 55.3 Å². The van der Waals surface area contributed by atoms with E-state index in [2.05, 4.69) is 63.3 Å². The Labute approximate surface area is 213 Å². The number of anilines is 1. The zero-order valence-electron chi connectivity index (χ0n) is 19.9. The molecule has 1 aromatic carbocycles. The molecule has 0 radical (unpaired) electrons. The number of hydrogen-bond acceptors (Lipinski definition) is 8. The molecular formula is C26H28N6OS2. The molecule has 0 unspecified atom stereocenters. The molecule has 35 heavy (non-hydrogen) atoms. The number of hydrogen-bond donors (Lipinski definition) is 0. The van der Waals surface area contributed by atoms with Crippen LogP contribution in [0.15, 0.2) is 53.6 Å². The maximum Gasteiger partial charge on any atom is 0.273 e. The number of benzene rings is 1. The molecule has 1 aliphatic rings. The Morgan fingerprint density at radius 2 is 1.77 bits per heavy atom. The van der Waals surface area contributed by atoms with Crippen LogP contribution in [0.3, 0.4) is 0 Å². The number of amides is 1. The van der Waals surface area contributed by atoms with Crippen LogP contribution in [-0.4, -0.2) is 56.9 Å². The standard InChI is InChI=1S/C26H28N6OS2/c1-3-31(4-2)20-7-5-18(6-8-20)22-16-34-24(29-22)19-9-13-32(14-10-19)26(33)23-17-35-25(30-23)21-15-27-11-12-28-21/h5-8,11-12,15-17,19H,3-4,9-10,13-14H2,1-2H3. The molecule has 4 heterocycles. The van der Waals surface area contributed by atoms with E-state index >= 15 is 0 Å². The van der Waals surface area contributed by atoms with Crippen molar-refractivity contribution in [3.8, 4) is 22.0 Å². The Bertz CT molecular complexity index is 1260. The maximum atomic E-state index is 13.0. The Balaban J connectivity index is 1.20. The molecule has 180 valence electrons. The minimum Gasteiger partial charge on any atom is -0.372 e. The van der Waals surface area contributed by atoms with Crippen molar-refractivity contribution in [3.63, 3.8) is 0 Å². The molecular weight excluding hydrogens is 476 g/mol. The van der Waals surface area contributed by atoms with Crippen molar-refractivity contribution in [2.24, 2.45) is 0 Å². The van der Waals surface area contributed by atoms with Gasteiger partial charge in [-0.3, -0.25) is 14.8 Å². The van der Waals surface area contributed by atoms with Gasteiger partial charge in [0.25, 0.3) is 5.91 Å². The predicted octanol–water partition coefficient (Wildman–Crippen LogP) is 5.59. The third-order valence-electron chi connectivity index (χ3n) is 6.45. The first-order valence-corrected chi connectivity index (χ1v) is 13.7. The fourth-order valence-electron chi connectivity index (χ4n) is 4.43. The van der Waals surface area contributed by atoms with Crippen LogP contribution in [0, 0.1) is 0 Å². The first-order chi connectivity index (χ1) is 17.2. The Morgan fingerprint density at radius 3 is 2.46 bits per heavy atom. The summed E-state index contributed by atoms with van der Waals surface area (Å²) in [4.78, 5) is 35.1. The summed E-state index contributed by atoms with van der Waals surface area (Å²) in [5.74, 6) is 0.376. The highest BCUT2D eigenvalue weighted by Gasteiger charge is 2.27. The molecule has 5 rings (SSSR count). The molecule has 1 fully saturated rings. The molecule has 7 nitrogen and oxygen atoms in total. The van der Waals surface area contributed by atoms with Gasteiger partial charge in [-0.05, 0) is 38.8 Å². The molecule has 0 spiro atoms. The zero-order chi connectivity index (χ0) is 24.2. The van der Waals surface area contributed by atoms with Crippen molar-refractivity contribution in [2.75, 3.05) is 31.1 Å². The SMILES string of the molecule is CCN(CC)c1ccc(-c2csc(C3CCN(C(=O)c4csc(-c5cnccn5)n4)CC3)n2)cc1. The number of thiazole rings is 2. The van der Waals surface area contributed by atoms with Crippen LogP contribution in [0.4, 0.5) is 5.69 Å². The lowest BCUT2D eigenvalue weighted by Gasteiger charge is -2.30. The van der Waals surface area contributed by atoms with Gasteiger partial charge in [0.05, 0.1) is 16.9 Å². The molecule has 3 aromatic heterocycles. The first kappa shape index (κ1) is 23.6. The van der Waals surface area contributed by atoms with E-state index in [-0.39, 0.29) is 5.91 Å². The lowest BCUT2D eigenvalue weighted by atomic mass is 9.97. The second-order valence-corrected chi connectivity index (χ2v) is 10.2. The predicted molar refractivity (Wildman–Crippen MR) is 142 cm³/mol. The van der Waals surface area contributed by atoms with Crippen LogP contribution in [0.25, 0.3) is 22.0 Å². The molecule has 0 saturated carbocycles. The van der Waals surface area contributed by atoms with E-state index < -0.39 is 0 Å². The van der Waals surface area contributed by atoms with Crippen molar-refractivity contribution in [1.82, 2.24) is 24.8 Å². The average molecular weight is 505 g/mol. The maximum absolute atomic E-state index is 13.0. The second-order valence-electron chi connectivity index (χ2n) is 8.49. The van der Waals surface area contributed by atoms with E-state index in [1.807, 2.05) is 10.3 Å². The normalized spacial score (nSPS) is 14.3. The highest BCUT2D eigenvalue weighted by atomic mass is 32.1. The monoisotopic (exact) mass is 504 g/mol. The number of carbonyl (C=O) groups excluding carboxylic acids is 1. The van der Waals surface area contributed by atoms with Gasteiger partial charge >= 0.3 is 0 Å². The topological polar surface area (TPSA) is 75.1 Å². The number of likely N-dealkylation sites (tertiary alicyclic amines) is 1. The van der Waals surface area contributed by atoms with E-state index in [4.69, 9.17) is 4.98 Å². The molecule has 0 aliphatic carbocycles. The Morgan fingerprint density at radius 1 is 1.00 bits per heavy atom. The third kappa shape index (κ3) is 5.11. The molecule has 1 amide bonds. The average Bonchev–Trinajstić information content (AvgIpc) is 3.61. The highest BCUT2D eigenvalue weighted by Crippen LogP contribution is 2.34. The van der Waals surface area contributed by atoms with Gasteiger partial charge in [0, 0.05) is 66.5 Å². The molecule has 9 heteroatoms. The lowest BCUT2D eigenvalue weighted by molar-refractivity contribution is 0.0708. The Hall–Kier alpha value is -3.17. The van der Waals surface area contributed by atoms with Crippen LogP contribution in [0.5, 0.6) is 0 Å². The van der Waals surface area contributed by atoms with E-state index in [9.17, 15) is 4.79 Å².